The van der Waals surface area contributed by atoms with E-state index in [1.54, 1.807) is 48.5 Å². The van der Waals surface area contributed by atoms with Crippen LogP contribution in [-0.4, -0.2) is 29.2 Å². The van der Waals surface area contributed by atoms with Crippen molar-refractivity contribution in [2.75, 3.05) is 12.4 Å². The largest absolute Gasteiger partial charge is 0.465 e. The summed E-state index contributed by atoms with van der Waals surface area (Å²) in [5.41, 5.74) is 1.92. The molecule has 0 spiro atoms. The normalized spacial score (nSPS) is 10.2. The maximum atomic E-state index is 12.6. The van der Waals surface area contributed by atoms with Gasteiger partial charge in [-0.25, -0.2) is 9.89 Å². The fourth-order valence-corrected chi connectivity index (χ4v) is 2.43. The predicted octanol–water partition coefficient (Wildman–Crippen LogP) is 2.48. The zero-order chi connectivity index (χ0) is 18.5. The fourth-order valence-electron chi connectivity index (χ4n) is 2.43. The van der Waals surface area contributed by atoms with Gasteiger partial charge in [0, 0.05) is 17.3 Å². The van der Waals surface area contributed by atoms with Crippen LogP contribution in [-0.2, 0) is 4.74 Å². The molecule has 1 aromatic heterocycles. The van der Waals surface area contributed by atoms with E-state index in [1.165, 1.54) is 19.2 Å². The van der Waals surface area contributed by atoms with Crippen molar-refractivity contribution in [1.29, 1.82) is 0 Å². The molecule has 0 fully saturated rings. The van der Waals surface area contributed by atoms with Crippen molar-refractivity contribution < 1.29 is 14.3 Å². The van der Waals surface area contributed by atoms with Crippen molar-refractivity contribution in [3.63, 3.8) is 0 Å². The Bertz CT molecular complexity index is 1010. The van der Waals surface area contributed by atoms with Crippen LogP contribution in [0.1, 0.15) is 20.7 Å². The van der Waals surface area contributed by atoms with Gasteiger partial charge in [-0.2, -0.15) is 5.10 Å². The Hall–Kier alpha value is -3.74. The van der Waals surface area contributed by atoms with E-state index >= 15 is 0 Å². The van der Waals surface area contributed by atoms with E-state index < -0.39 is 11.9 Å². The highest BCUT2D eigenvalue weighted by atomic mass is 16.5. The van der Waals surface area contributed by atoms with E-state index in [4.69, 9.17) is 4.74 Å². The molecule has 7 heteroatoms. The molecule has 0 saturated carbocycles. The average molecular weight is 349 g/mol. The number of carbonyl (C=O) groups is 2. The summed E-state index contributed by atoms with van der Waals surface area (Å²) in [4.78, 5) is 35.5. The summed E-state index contributed by atoms with van der Waals surface area (Å²) in [7, 11) is 1.26. The number of nitrogens with one attached hydrogen (secondary N) is 2. The zero-order valence-electron chi connectivity index (χ0n) is 13.9. The van der Waals surface area contributed by atoms with E-state index in [9.17, 15) is 14.4 Å². The first-order chi connectivity index (χ1) is 12.6. The Morgan fingerprint density at radius 1 is 1.00 bits per heavy atom. The quantitative estimate of drug-likeness (QED) is 0.705. The second-order valence-corrected chi connectivity index (χ2v) is 5.38. The number of methoxy groups -OCH3 is 1. The maximum Gasteiger partial charge on any atom is 0.338 e. The first-order valence-corrected chi connectivity index (χ1v) is 7.73. The smallest absolute Gasteiger partial charge is 0.338 e. The van der Waals surface area contributed by atoms with Crippen LogP contribution in [0.5, 0.6) is 0 Å². The van der Waals surface area contributed by atoms with E-state index in [0.29, 0.717) is 11.4 Å². The third kappa shape index (κ3) is 3.67. The number of esters is 1. The molecule has 0 unspecified atom stereocenters. The molecule has 3 rings (SSSR count). The molecule has 0 aliphatic heterocycles. The number of anilines is 1. The van der Waals surface area contributed by atoms with Crippen LogP contribution in [0.4, 0.5) is 5.69 Å². The molecule has 130 valence electrons. The number of aromatic nitrogens is 2. The molecule has 1 amide bonds. The van der Waals surface area contributed by atoms with Gasteiger partial charge in [0.2, 0.25) is 0 Å². The van der Waals surface area contributed by atoms with Crippen molar-refractivity contribution in [1.82, 2.24) is 10.2 Å². The number of hydrogen-bond acceptors (Lipinski definition) is 5. The minimum Gasteiger partial charge on any atom is -0.465 e. The van der Waals surface area contributed by atoms with E-state index in [-0.39, 0.29) is 16.7 Å². The third-order valence-electron chi connectivity index (χ3n) is 3.67. The van der Waals surface area contributed by atoms with Gasteiger partial charge < -0.3 is 10.1 Å². The van der Waals surface area contributed by atoms with Crippen molar-refractivity contribution >= 4 is 17.6 Å². The number of carbonyl (C=O) groups excluding carboxylic acids is 2. The van der Waals surface area contributed by atoms with Gasteiger partial charge in [0.05, 0.1) is 23.9 Å². The highest BCUT2D eigenvalue weighted by Gasteiger charge is 2.17. The summed E-state index contributed by atoms with van der Waals surface area (Å²) in [5, 5.41) is 9.08. The molecular weight excluding hydrogens is 334 g/mol. The predicted molar refractivity (Wildman–Crippen MR) is 96.0 cm³/mol. The van der Waals surface area contributed by atoms with Crippen molar-refractivity contribution in [3.8, 4) is 11.3 Å². The van der Waals surface area contributed by atoms with E-state index in [1.807, 2.05) is 0 Å². The molecule has 0 saturated heterocycles. The minimum absolute atomic E-state index is 0.186. The topological polar surface area (TPSA) is 101 Å². The van der Waals surface area contributed by atoms with Gasteiger partial charge in [0.15, 0.2) is 0 Å². The molecule has 26 heavy (non-hydrogen) atoms. The van der Waals surface area contributed by atoms with E-state index in [2.05, 4.69) is 15.5 Å². The number of benzene rings is 2. The van der Waals surface area contributed by atoms with Gasteiger partial charge in [0.1, 0.15) is 0 Å². The standard InChI is InChI=1S/C19H15N3O4/c1-26-19(25)15-8-3-2-7-14(15)18(24)20-13-6-4-5-12(11-13)16-9-10-17(23)22-21-16/h2-11H,1H3,(H,20,24)(H,22,23). The SMILES string of the molecule is COC(=O)c1ccccc1C(=O)Nc1cccc(-c2ccc(=O)[nH]n2)c1. The number of nitrogens with zero attached hydrogens (tertiary/aromatic N) is 1. The van der Waals surface area contributed by atoms with Crippen molar-refractivity contribution in [2.24, 2.45) is 0 Å². The van der Waals surface area contributed by atoms with Gasteiger partial charge in [-0.05, 0) is 30.3 Å². The number of ether oxygens (including phenoxy) is 1. The summed E-state index contributed by atoms with van der Waals surface area (Å²) in [6.45, 7) is 0. The fraction of sp³-hybridized carbons (Fsp3) is 0.0526. The maximum absolute atomic E-state index is 12.6. The Morgan fingerprint density at radius 3 is 2.46 bits per heavy atom. The Labute approximate surface area is 148 Å². The number of aromatic amines is 1. The second-order valence-electron chi connectivity index (χ2n) is 5.38. The van der Waals surface area contributed by atoms with Crippen LogP contribution >= 0.6 is 0 Å². The van der Waals surface area contributed by atoms with Crippen LogP contribution in [0.3, 0.4) is 0 Å². The summed E-state index contributed by atoms with van der Waals surface area (Å²) < 4.78 is 4.71. The van der Waals surface area contributed by atoms with Gasteiger partial charge in [-0.1, -0.05) is 24.3 Å². The van der Waals surface area contributed by atoms with Crippen molar-refractivity contribution in [3.05, 3.63) is 82.1 Å². The average Bonchev–Trinajstić information content (AvgIpc) is 2.68. The van der Waals surface area contributed by atoms with Crippen LogP contribution in [0, 0.1) is 0 Å². The molecule has 3 aromatic rings. The number of rotatable bonds is 4. The van der Waals surface area contributed by atoms with Crippen LogP contribution in [0.25, 0.3) is 11.3 Å². The Kier molecular flexibility index (Phi) is 4.89. The molecule has 2 N–H and O–H groups in total. The summed E-state index contributed by atoms with van der Waals surface area (Å²) in [6.07, 6.45) is 0. The first kappa shape index (κ1) is 17.1. The lowest BCUT2D eigenvalue weighted by Gasteiger charge is -2.10. The number of H-pyrrole nitrogens is 1. The second kappa shape index (κ2) is 7.43. The lowest BCUT2D eigenvalue weighted by Crippen LogP contribution is -2.17. The van der Waals surface area contributed by atoms with E-state index in [0.717, 1.165) is 5.56 Å². The molecule has 7 nitrogen and oxygen atoms in total. The molecule has 2 aromatic carbocycles. The van der Waals surface area contributed by atoms with Gasteiger partial charge >= 0.3 is 5.97 Å². The van der Waals surface area contributed by atoms with Gasteiger partial charge in [0.25, 0.3) is 11.5 Å². The highest BCUT2D eigenvalue weighted by molar-refractivity contribution is 6.11. The molecular formula is C19H15N3O4. The van der Waals surface area contributed by atoms with Gasteiger partial charge in [-0.3, -0.25) is 9.59 Å². The number of amides is 1. The summed E-state index contributed by atoms with van der Waals surface area (Å²) in [5.74, 6) is -1.01. The molecule has 0 atom stereocenters. The van der Waals surface area contributed by atoms with Crippen molar-refractivity contribution in [2.45, 2.75) is 0 Å². The van der Waals surface area contributed by atoms with Crippen LogP contribution in [0.2, 0.25) is 0 Å². The lowest BCUT2D eigenvalue weighted by molar-refractivity contribution is 0.0597. The summed E-state index contributed by atoms with van der Waals surface area (Å²) >= 11 is 0. The monoisotopic (exact) mass is 349 g/mol. The Morgan fingerprint density at radius 2 is 1.77 bits per heavy atom. The lowest BCUT2D eigenvalue weighted by atomic mass is 10.1. The number of hydrogen-bond donors (Lipinski definition) is 2. The zero-order valence-corrected chi connectivity index (χ0v) is 13.9. The molecule has 0 radical (unpaired) electrons. The molecule has 0 bridgehead atoms. The Balaban J connectivity index is 1.87. The highest BCUT2D eigenvalue weighted by Crippen LogP contribution is 2.21. The third-order valence-corrected chi connectivity index (χ3v) is 3.67. The summed E-state index contributed by atoms with van der Waals surface area (Å²) in [6, 6.07) is 16.4. The van der Waals surface area contributed by atoms with Crippen LogP contribution < -0.4 is 10.9 Å². The molecule has 1 heterocycles. The van der Waals surface area contributed by atoms with Crippen LogP contribution in [0.15, 0.2) is 65.5 Å². The first-order valence-electron chi connectivity index (χ1n) is 7.73. The molecule has 0 aliphatic carbocycles. The van der Waals surface area contributed by atoms with Gasteiger partial charge in [-0.15, -0.1) is 0 Å². The minimum atomic E-state index is -0.582. The molecule has 0 aliphatic rings.